The summed E-state index contributed by atoms with van der Waals surface area (Å²) in [5, 5.41) is 5.96. The van der Waals surface area contributed by atoms with Crippen molar-refractivity contribution in [2.75, 3.05) is 6.54 Å². The van der Waals surface area contributed by atoms with Gasteiger partial charge in [-0.3, -0.25) is 0 Å². The number of rotatable bonds is 5. The summed E-state index contributed by atoms with van der Waals surface area (Å²) < 4.78 is 1.26. The lowest BCUT2D eigenvalue weighted by Crippen LogP contribution is -2.32. The molecule has 100 valence electrons. The molecule has 0 spiro atoms. The minimum absolute atomic E-state index is 0.864. The molecule has 3 rings (SSSR count). The molecule has 2 fully saturated rings. The third-order valence-electron chi connectivity index (χ3n) is 4.40. The second-order valence-corrected chi connectivity index (χ2v) is 7.83. The van der Waals surface area contributed by atoms with Gasteiger partial charge in [-0.25, -0.2) is 0 Å². The van der Waals surface area contributed by atoms with Crippen molar-refractivity contribution in [2.24, 2.45) is 11.8 Å². The van der Waals surface area contributed by atoms with E-state index in [9.17, 15) is 0 Å². The molecule has 2 atom stereocenters. The molecule has 2 unspecified atom stereocenters. The zero-order valence-electron chi connectivity index (χ0n) is 10.8. The fourth-order valence-electron chi connectivity index (χ4n) is 3.15. The fraction of sp³-hybridized carbons (Fsp3) is 0.733. The van der Waals surface area contributed by atoms with E-state index in [0.717, 1.165) is 17.9 Å². The first-order chi connectivity index (χ1) is 8.81. The molecule has 1 N–H and O–H groups in total. The number of hydrogen-bond donors (Lipinski definition) is 1. The van der Waals surface area contributed by atoms with Crippen molar-refractivity contribution in [1.29, 1.82) is 0 Å². The molecule has 0 aromatic carbocycles. The maximum Gasteiger partial charge on any atom is 0.0285 e. The van der Waals surface area contributed by atoms with Crippen molar-refractivity contribution < 1.29 is 0 Å². The van der Waals surface area contributed by atoms with Gasteiger partial charge in [0.15, 0.2) is 0 Å². The Labute approximate surface area is 122 Å². The predicted molar refractivity (Wildman–Crippen MR) is 82.2 cm³/mol. The van der Waals surface area contributed by atoms with Gasteiger partial charge in [0.25, 0.3) is 0 Å². The monoisotopic (exact) mass is 327 g/mol. The quantitative estimate of drug-likeness (QED) is 0.832. The molecule has 2 aliphatic carbocycles. The van der Waals surface area contributed by atoms with Gasteiger partial charge in [0.1, 0.15) is 0 Å². The van der Waals surface area contributed by atoms with E-state index < -0.39 is 0 Å². The van der Waals surface area contributed by atoms with Crippen LogP contribution in [0.25, 0.3) is 0 Å². The zero-order valence-corrected chi connectivity index (χ0v) is 13.2. The van der Waals surface area contributed by atoms with Gasteiger partial charge in [0, 0.05) is 20.8 Å². The maximum absolute atomic E-state index is 3.74. The van der Waals surface area contributed by atoms with Crippen molar-refractivity contribution >= 4 is 27.3 Å². The Hall–Kier alpha value is 0.140. The summed E-state index contributed by atoms with van der Waals surface area (Å²) in [5.74, 6) is 1.83. The van der Waals surface area contributed by atoms with E-state index in [1.807, 2.05) is 11.3 Å². The molecule has 2 aliphatic rings. The van der Waals surface area contributed by atoms with Gasteiger partial charge < -0.3 is 5.32 Å². The fourth-order valence-corrected chi connectivity index (χ4v) is 4.69. The third kappa shape index (κ3) is 3.58. The van der Waals surface area contributed by atoms with Crippen LogP contribution in [-0.4, -0.2) is 12.6 Å². The lowest BCUT2D eigenvalue weighted by atomic mass is 9.77. The molecule has 1 heterocycles. The van der Waals surface area contributed by atoms with Crippen LogP contribution in [0.3, 0.4) is 0 Å². The first-order valence-electron chi connectivity index (χ1n) is 7.27. The second-order valence-electron chi connectivity index (χ2n) is 5.92. The van der Waals surface area contributed by atoms with E-state index in [0.29, 0.717) is 0 Å². The number of hydrogen-bond acceptors (Lipinski definition) is 2. The molecular formula is C15H22BrNS. The topological polar surface area (TPSA) is 12.0 Å². The highest BCUT2D eigenvalue weighted by Gasteiger charge is 2.28. The van der Waals surface area contributed by atoms with E-state index in [-0.39, 0.29) is 0 Å². The molecule has 1 aromatic rings. The average Bonchev–Trinajstić information content (AvgIpc) is 3.12. The lowest BCUT2D eigenvalue weighted by Gasteiger charge is -2.31. The van der Waals surface area contributed by atoms with Crippen molar-refractivity contribution in [2.45, 2.75) is 51.0 Å². The molecule has 1 aromatic heterocycles. The van der Waals surface area contributed by atoms with Gasteiger partial charge >= 0.3 is 0 Å². The van der Waals surface area contributed by atoms with Crippen molar-refractivity contribution in [3.63, 3.8) is 0 Å². The normalized spacial score (nSPS) is 28.5. The summed E-state index contributed by atoms with van der Waals surface area (Å²) in [4.78, 5) is 1.56. The Morgan fingerprint density at radius 1 is 1.17 bits per heavy atom. The van der Waals surface area contributed by atoms with E-state index in [1.165, 1.54) is 56.0 Å². The van der Waals surface area contributed by atoms with Crippen molar-refractivity contribution in [3.8, 4) is 0 Å². The predicted octanol–water partition coefficient (Wildman–Crippen LogP) is 4.61. The van der Waals surface area contributed by atoms with Gasteiger partial charge in [-0.1, -0.05) is 12.8 Å². The Morgan fingerprint density at radius 3 is 2.61 bits per heavy atom. The first kappa shape index (κ1) is 13.1. The minimum Gasteiger partial charge on any atom is -0.314 e. The summed E-state index contributed by atoms with van der Waals surface area (Å²) in [6.45, 7) is 1.27. The second kappa shape index (κ2) is 6.06. The highest BCUT2D eigenvalue weighted by atomic mass is 79.9. The summed E-state index contributed by atoms with van der Waals surface area (Å²) in [7, 11) is 0. The van der Waals surface area contributed by atoms with Gasteiger partial charge in [-0.15, -0.1) is 11.3 Å². The van der Waals surface area contributed by atoms with Crippen molar-refractivity contribution in [3.05, 3.63) is 20.8 Å². The van der Waals surface area contributed by atoms with Crippen LogP contribution < -0.4 is 5.32 Å². The first-order valence-corrected chi connectivity index (χ1v) is 8.95. The lowest BCUT2D eigenvalue weighted by molar-refractivity contribution is 0.229. The molecule has 2 saturated carbocycles. The Balaban J connectivity index is 1.56. The van der Waals surface area contributed by atoms with Crippen LogP contribution >= 0.6 is 27.3 Å². The third-order valence-corrected chi connectivity index (χ3v) is 6.12. The largest absolute Gasteiger partial charge is 0.314 e. The van der Waals surface area contributed by atoms with Gasteiger partial charge in [0.05, 0.1) is 0 Å². The highest BCUT2D eigenvalue weighted by molar-refractivity contribution is 9.10. The summed E-state index contributed by atoms with van der Waals surface area (Å²) >= 11 is 5.48. The molecule has 18 heavy (non-hydrogen) atoms. The molecule has 1 nitrogen and oxygen atoms in total. The molecule has 0 bridgehead atoms. The number of nitrogens with one attached hydrogen (secondary N) is 1. The SMILES string of the molecule is Brc1csc(CC2CCCCC2CNC2CC2)c1. The van der Waals surface area contributed by atoms with Crippen LogP contribution in [0.15, 0.2) is 15.9 Å². The van der Waals surface area contributed by atoms with Crippen LogP contribution in [0, 0.1) is 11.8 Å². The van der Waals surface area contributed by atoms with E-state index in [1.54, 1.807) is 4.88 Å². The maximum atomic E-state index is 3.74. The van der Waals surface area contributed by atoms with Crippen LogP contribution in [0.1, 0.15) is 43.4 Å². The van der Waals surface area contributed by atoms with Gasteiger partial charge in [0.2, 0.25) is 0 Å². The van der Waals surface area contributed by atoms with Gasteiger partial charge in [-0.05, 0) is 72.5 Å². The Bertz CT molecular complexity index is 386. The summed E-state index contributed by atoms with van der Waals surface area (Å²) in [5.41, 5.74) is 0. The van der Waals surface area contributed by atoms with E-state index in [4.69, 9.17) is 0 Å². The number of thiophene rings is 1. The van der Waals surface area contributed by atoms with Gasteiger partial charge in [-0.2, -0.15) is 0 Å². The average molecular weight is 328 g/mol. The Kier molecular flexibility index (Phi) is 4.42. The standard InChI is InChI=1S/C15H22BrNS/c16-13-8-15(18-10-13)7-11-3-1-2-4-12(11)9-17-14-5-6-14/h8,10-12,14,17H,1-7,9H2. The summed E-state index contributed by atoms with van der Waals surface area (Å²) in [6.07, 6.45) is 9.89. The smallest absolute Gasteiger partial charge is 0.0285 e. The zero-order chi connectivity index (χ0) is 12.4. The molecule has 0 radical (unpaired) electrons. The molecular weight excluding hydrogens is 306 g/mol. The highest BCUT2D eigenvalue weighted by Crippen LogP contribution is 2.34. The number of halogens is 1. The van der Waals surface area contributed by atoms with E-state index >= 15 is 0 Å². The van der Waals surface area contributed by atoms with E-state index in [2.05, 4.69) is 32.7 Å². The van der Waals surface area contributed by atoms with Crippen LogP contribution in [0.5, 0.6) is 0 Å². The molecule has 0 saturated heterocycles. The molecule has 0 aliphatic heterocycles. The molecule has 3 heteroatoms. The minimum atomic E-state index is 0.864. The summed E-state index contributed by atoms with van der Waals surface area (Å²) in [6, 6.07) is 3.17. The van der Waals surface area contributed by atoms with Crippen molar-refractivity contribution in [1.82, 2.24) is 5.32 Å². The Morgan fingerprint density at radius 2 is 1.94 bits per heavy atom. The van der Waals surface area contributed by atoms with Crippen LogP contribution in [0.4, 0.5) is 0 Å². The van der Waals surface area contributed by atoms with Crippen LogP contribution in [-0.2, 0) is 6.42 Å². The van der Waals surface area contributed by atoms with Crippen LogP contribution in [0.2, 0.25) is 0 Å². The molecule has 0 amide bonds.